The van der Waals surface area contributed by atoms with Gasteiger partial charge in [-0.3, -0.25) is 14.4 Å². The van der Waals surface area contributed by atoms with Crippen molar-refractivity contribution in [3.63, 3.8) is 0 Å². The van der Waals surface area contributed by atoms with E-state index in [9.17, 15) is 10.1 Å². The number of ether oxygens (including phenoxy) is 1. The molecule has 0 spiro atoms. The van der Waals surface area contributed by atoms with Gasteiger partial charge in [-0.25, -0.2) is 0 Å². The molecule has 1 N–H and O–H groups in total. The van der Waals surface area contributed by atoms with Crippen molar-refractivity contribution in [3.05, 3.63) is 87.5 Å². The van der Waals surface area contributed by atoms with Crippen LogP contribution in [0.3, 0.4) is 0 Å². The van der Waals surface area contributed by atoms with Gasteiger partial charge in [0.1, 0.15) is 24.8 Å². The molecule has 0 radical (unpaired) electrons. The molecule has 0 bridgehead atoms. The maximum atomic E-state index is 13.0. The predicted molar refractivity (Wildman–Crippen MR) is 141 cm³/mol. The van der Waals surface area contributed by atoms with Crippen molar-refractivity contribution in [3.8, 4) is 6.07 Å². The summed E-state index contributed by atoms with van der Waals surface area (Å²) in [7, 11) is -1.13. The molecule has 2 aliphatic rings. The summed E-state index contributed by atoms with van der Waals surface area (Å²) in [5.41, 5.74) is 3.76. The zero-order valence-corrected chi connectivity index (χ0v) is 21.5. The summed E-state index contributed by atoms with van der Waals surface area (Å²) in [5, 5.41) is 13.6. The van der Waals surface area contributed by atoms with Crippen molar-refractivity contribution in [1.82, 2.24) is 9.13 Å². The third kappa shape index (κ3) is 4.49. The number of rotatable bonds is 7. The molecule has 180 valence electrons. The van der Waals surface area contributed by atoms with E-state index in [1.807, 2.05) is 48.8 Å². The molecule has 0 atom stereocenters. The first-order valence-electron chi connectivity index (χ1n) is 12.1. The highest BCUT2D eigenvalue weighted by atomic mass is 28.3. The van der Waals surface area contributed by atoms with Crippen LogP contribution in [0.4, 0.5) is 5.82 Å². The number of nitrogens with zero attached hydrogens (tertiary/aromatic N) is 4. The van der Waals surface area contributed by atoms with Gasteiger partial charge in [0, 0.05) is 57.1 Å². The van der Waals surface area contributed by atoms with Crippen LogP contribution in [0.5, 0.6) is 0 Å². The highest BCUT2D eigenvalue weighted by Gasteiger charge is 2.40. The molecule has 3 aromatic rings. The van der Waals surface area contributed by atoms with Crippen LogP contribution >= 0.6 is 0 Å². The molecule has 8 heteroatoms. The second-order valence-corrected chi connectivity index (χ2v) is 16.3. The Morgan fingerprint density at radius 1 is 1.14 bits per heavy atom. The number of nitrogens with one attached hydrogen (secondary N) is 1. The minimum Gasteiger partial charge on any atom is -0.361 e. The van der Waals surface area contributed by atoms with Crippen molar-refractivity contribution in [1.29, 1.82) is 5.26 Å². The number of benzene rings is 1. The highest BCUT2D eigenvalue weighted by Crippen LogP contribution is 2.35. The summed E-state index contributed by atoms with van der Waals surface area (Å²) < 4.78 is 9.64. The molecule has 35 heavy (non-hydrogen) atoms. The van der Waals surface area contributed by atoms with Crippen LogP contribution in [0, 0.1) is 11.3 Å². The summed E-state index contributed by atoms with van der Waals surface area (Å²) in [5.74, 6) is 0.962. The Morgan fingerprint density at radius 2 is 1.89 bits per heavy atom. The zero-order chi connectivity index (χ0) is 24.6. The number of aromatic nitrogens is 2. The van der Waals surface area contributed by atoms with E-state index in [1.54, 1.807) is 10.6 Å². The van der Waals surface area contributed by atoms with Crippen LogP contribution in [-0.2, 0) is 29.8 Å². The van der Waals surface area contributed by atoms with Gasteiger partial charge in [0.25, 0.3) is 5.56 Å². The second-order valence-electron chi connectivity index (χ2n) is 10.6. The Bertz CT molecular complexity index is 1360. The molecule has 0 saturated heterocycles. The number of anilines is 1. The minimum atomic E-state index is -1.13. The summed E-state index contributed by atoms with van der Waals surface area (Å²) in [6, 6.07) is 17.0. The van der Waals surface area contributed by atoms with Gasteiger partial charge in [-0.05, 0) is 29.3 Å². The molecular formula is C27H31N5O2Si. The monoisotopic (exact) mass is 485 g/mol. The molecule has 0 saturated carbocycles. The molecule has 0 unspecified atom stereocenters. The fraction of sp³-hybridized carbons (Fsp3) is 0.370. The fourth-order valence-electron chi connectivity index (χ4n) is 4.89. The van der Waals surface area contributed by atoms with Crippen LogP contribution in [0.15, 0.2) is 64.6 Å². The Labute approximate surface area is 206 Å². The van der Waals surface area contributed by atoms with Gasteiger partial charge in [-0.2, -0.15) is 5.26 Å². The van der Waals surface area contributed by atoms with E-state index in [1.165, 1.54) is 0 Å². The maximum absolute atomic E-state index is 13.0. The van der Waals surface area contributed by atoms with Crippen molar-refractivity contribution in [2.24, 2.45) is 4.99 Å². The summed E-state index contributed by atoms with van der Waals surface area (Å²) in [6.45, 7) is 8.72. The van der Waals surface area contributed by atoms with Crippen molar-refractivity contribution < 1.29 is 4.74 Å². The van der Waals surface area contributed by atoms with E-state index in [0.29, 0.717) is 26.2 Å². The van der Waals surface area contributed by atoms with E-state index in [2.05, 4.69) is 35.6 Å². The lowest BCUT2D eigenvalue weighted by molar-refractivity contribution is 0.0887. The highest BCUT2D eigenvalue weighted by molar-refractivity contribution is 6.76. The first-order chi connectivity index (χ1) is 16.8. The van der Waals surface area contributed by atoms with Crippen LogP contribution < -0.4 is 10.9 Å². The molecular weight excluding hydrogens is 454 g/mol. The molecule has 0 fully saturated rings. The van der Waals surface area contributed by atoms with E-state index in [0.717, 1.165) is 46.4 Å². The first-order valence-corrected chi connectivity index (χ1v) is 15.8. The molecule has 7 nitrogen and oxygen atoms in total. The lowest BCUT2D eigenvalue weighted by atomic mass is 9.96. The molecule has 1 aliphatic carbocycles. The summed E-state index contributed by atoms with van der Waals surface area (Å²) >= 11 is 0. The van der Waals surface area contributed by atoms with E-state index in [4.69, 9.17) is 9.73 Å². The topological polar surface area (TPSA) is 84.3 Å². The van der Waals surface area contributed by atoms with Crippen molar-refractivity contribution >= 4 is 19.6 Å². The summed E-state index contributed by atoms with van der Waals surface area (Å²) in [6.07, 6.45) is 4.86. The third-order valence-corrected chi connectivity index (χ3v) is 8.57. The number of pyridine rings is 1. The quantitative estimate of drug-likeness (QED) is 0.402. The Balaban J connectivity index is 1.43. The van der Waals surface area contributed by atoms with Gasteiger partial charge in [0.2, 0.25) is 0 Å². The second kappa shape index (κ2) is 8.99. The number of hydrogen-bond acceptors (Lipinski definition) is 5. The maximum Gasteiger partial charge on any atom is 0.251 e. The van der Waals surface area contributed by atoms with Gasteiger partial charge in [-0.1, -0.05) is 43.9 Å². The van der Waals surface area contributed by atoms with Crippen molar-refractivity contribution in [2.45, 2.75) is 50.8 Å². The fourth-order valence-corrected chi connectivity index (χ4v) is 5.65. The third-order valence-electron chi connectivity index (χ3n) is 6.87. The average molecular weight is 486 g/mol. The molecule has 0 amide bonds. The largest absolute Gasteiger partial charge is 0.361 e. The lowest BCUT2D eigenvalue weighted by Gasteiger charge is -2.25. The Hall–Kier alpha value is -3.41. The normalized spacial score (nSPS) is 16.1. The number of aliphatic imine (C=N–C) groups is 1. The van der Waals surface area contributed by atoms with E-state index in [-0.39, 0.29) is 5.56 Å². The molecule has 2 aromatic heterocycles. The number of nitriles is 1. The lowest BCUT2D eigenvalue weighted by Crippen LogP contribution is -2.41. The Morgan fingerprint density at radius 3 is 2.57 bits per heavy atom. The van der Waals surface area contributed by atoms with Gasteiger partial charge < -0.3 is 14.6 Å². The van der Waals surface area contributed by atoms with Gasteiger partial charge >= 0.3 is 0 Å². The smallest absolute Gasteiger partial charge is 0.251 e. The van der Waals surface area contributed by atoms with Crippen molar-refractivity contribution in [2.75, 3.05) is 18.6 Å². The molecule has 1 aliphatic heterocycles. The number of hydrogen-bond donors (Lipinski definition) is 1. The molecule has 5 rings (SSSR count). The zero-order valence-electron chi connectivity index (χ0n) is 20.5. The van der Waals surface area contributed by atoms with Gasteiger partial charge in [0.15, 0.2) is 0 Å². The first kappa shape index (κ1) is 23.3. The number of fused-ring (bicyclic) bond motifs is 2. The SMILES string of the molecule is C[Si](C)(C)CCOCn1ccc2c1NCN=C2c1ccc(=O)n(C2(C#N)Cc3ccccc3C2)c1. The minimum absolute atomic E-state index is 0.175. The average Bonchev–Trinajstić information content (AvgIpc) is 3.43. The molecule has 1 aromatic carbocycles. The van der Waals surface area contributed by atoms with E-state index < -0.39 is 13.6 Å². The Kier molecular flexibility index (Phi) is 5.99. The standard InChI is InChI=1S/C27H31N5O2Si/c1-35(2,3)13-12-34-19-31-11-10-23-25(29-18-30-26(23)31)22-8-9-24(33)32(16-22)27(17-28)14-20-6-4-5-7-21(20)15-27/h4-11,16,30H,12-15,18-19H2,1-3H3. The van der Waals surface area contributed by atoms with Crippen LogP contribution in [-0.4, -0.2) is 36.2 Å². The van der Waals surface area contributed by atoms with E-state index >= 15 is 0 Å². The predicted octanol–water partition coefficient (Wildman–Crippen LogP) is 4.20. The van der Waals surface area contributed by atoms with Crippen LogP contribution in [0.1, 0.15) is 22.3 Å². The van der Waals surface area contributed by atoms with Crippen LogP contribution in [0.2, 0.25) is 25.7 Å². The summed E-state index contributed by atoms with van der Waals surface area (Å²) in [4.78, 5) is 17.7. The van der Waals surface area contributed by atoms with Crippen LogP contribution in [0.25, 0.3) is 0 Å². The van der Waals surface area contributed by atoms with Gasteiger partial charge in [-0.15, -0.1) is 0 Å². The van der Waals surface area contributed by atoms with Gasteiger partial charge in [0.05, 0.1) is 11.8 Å². The molecule has 3 heterocycles.